The first-order valence-electron chi connectivity index (χ1n) is 21.6. The van der Waals surface area contributed by atoms with E-state index in [-0.39, 0.29) is 24.3 Å². The number of benzene rings is 8. The van der Waals surface area contributed by atoms with Gasteiger partial charge in [-0.15, -0.1) is 0 Å². The summed E-state index contributed by atoms with van der Waals surface area (Å²) < 4.78 is 2.39. The maximum Gasteiger partial charge on any atom is 0.117 e. The molecule has 1 saturated heterocycles. The van der Waals surface area contributed by atoms with Crippen molar-refractivity contribution in [3.8, 4) is 16.8 Å². The number of hydrogen-bond acceptors (Lipinski definition) is 4. The van der Waals surface area contributed by atoms with Crippen molar-refractivity contribution in [2.24, 2.45) is 5.73 Å². The van der Waals surface area contributed by atoms with Crippen LogP contribution >= 0.6 is 0 Å². The van der Waals surface area contributed by atoms with Gasteiger partial charge in [-0.25, -0.2) is 5.01 Å². The molecule has 3 aliphatic rings. The fourth-order valence-corrected chi connectivity index (χ4v) is 10.2. The number of hydrogen-bond donors (Lipinski definition) is 1. The van der Waals surface area contributed by atoms with Gasteiger partial charge in [0.05, 0.1) is 23.2 Å². The number of aromatic nitrogens is 1. The molecule has 8 aromatic carbocycles. The highest BCUT2D eigenvalue weighted by molar-refractivity contribution is 6.10. The Hall–Kier alpha value is -7.28. The zero-order valence-electron chi connectivity index (χ0n) is 34.2. The second-order valence-corrected chi connectivity index (χ2v) is 16.7. The second-order valence-electron chi connectivity index (χ2n) is 16.7. The van der Waals surface area contributed by atoms with Gasteiger partial charge >= 0.3 is 0 Å². The summed E-state index contributed by atoms with van der Waals surface area (Å²) in [6.45, 7) is 0.804. The van der Waals surface area contributed by atoms with Crippen molar-refractivity contribution in [2.75, 3.05) is 4.90 Å². The molecule has 0 bridgehead atoms. The summed E-state index contributed by atoms with van der Waals surface area (Å²) in [6, 6.07) is 74.7. The molecule has 5 heteroatoms. The number of para-hydroxylation sites is 3. The van der Waals surface area contributed by atoms with Crippen molar-refractivity contribution in [1.82, 2.24) is 14.6 Å². The van der Waals surface area contributed by atoms with E-state index in [9.17, 15) is 0 Å². The summed E-state index contributed by atoms with van der Waals surface area (Å²) in [7, 11) is 0. The van der Waals surface area contributed by atoms with E-state index in [1.165, 1.54) is 77.8 Å². The lowest BCUT2D eigenvalue weighted by Gasteiger charge is -2.30. The van der Waals surface area contributed by atoms with Crippen LogP contribution in [0.15, 0.2) is 224 Å². The van der Waals surface area contributed by atoms with Crippen molar-refractivity contribution in [3.63, 3.8) is 0 Å². The van der Waals surface area contributed by atoms with Gasteiger partial charge in [-0.2, -0.15) is 5.01 Å². The Labute approximate surface area is 362 Å². The van der Waals surface area contributed by atoms with Crippen LogP contribution in [0.5, 0.6) is 0 Å². The van der Waals surface area contributed by atoms with E-state index in [2.05, 4.69) is 244 Å². The quantitative estimate of drug-likeness (QED) is 0.148. The lowest BCUT2D eigenvalue weighted by Crippen LogP contribution is -2.29. The molecular formula is C57H45N5. The van der Waals surface area contributed by atoms with E-state index >= 15 is 0 Å². The highest BCUT2D eigenvalue weighted by Gasteiger charge is 2.49. The SMILES string of the molecule is NC(c1cccc(C2=CC3c4ccccc4N(c4cccc(-c5ccc6c7ccccc7n(-c7ccccc7)c6c5)c4)C3C=C2)c1)N1C(c2ccccc2)[N@]1Cc1ccccc1. The van der Waals surface area contributed by atoms with Gasteiger partial charge in [0.1, 0.15) is 6.17 Å². The number of nitrogens with two attached hydrogens (primary N) is 1. The van der Waals surface area contributed by atoms with E-state index in [0.29, 0.717) is 0 Å². The number of rotatable bonds is 9. The highest BCUT2D eigenvalue weighted by atomic mass is 15.9. The largest absolute Gasteiger partial charge is 0.333 e. The molecule has 3 heterocycles. The van der Waals surface area contributed by atoms with Gasteiger partial charge in [0.25, 0.3) is 0 Å². The van der Waals surface area contributed by atoms with Gasteiger partial charge in [-0.1, -0.05) is 176 Å². The van der Waals surface area contributed by atoms with Gasteiger partial charge in [-0.3, -0.25) is 0 Å². The predicted molar refractivity (Wildman–Crippen MR) is 255 cm³/mol. The Morgan fingerprint density at radius 3 is 2.06 bits per heavy atom. The van der Waals surface area contributed by atoms with Crippen LogP contribution in [0, 0.1) is 0 Å². The minimum absolute atomic E-state index is 0.118. The summed E-state index contributed by atoms with van der Waals surface area (Å²) in [5.74, 6) is 0.195. The molecular weight excluding hydrogens is 755 g/mol. The Balaban J connectivity index is 0.854. The lowest BCUT2D eigenvalue weighted by molar-refractivity contribution is 0.237. The van der Waals surface area contributed by atoms with Crippen LogP contribution < -0.4 is 10.6 Å². The topological polar surface area (TPSA) is 40.2 Å². The Bertz CT molecular complexity index is 3170. The van der Waals surface area contributed by atoms with E-state index in [1.54, 1.807) is 0 Å². The van der Waals surface area contributed by atoms with Gasteiger partial charge in [0.2, 0.25) is 0 Å². The van der Waals surface area contributed by atoms with E-state index < -0.39 is 0 Å². The van der Waals surface area contributed by atoms with Crippen LogP contribution in [0.4, 0.5) is 11.4 Å². The molecule has 0 radical (unpaired) electrons. The predicted octanol–water partition coefficient (Wildman–Crippen LogP) is 13.1. The number of hydrazine groups is 1. The lowest BCUT2D eigenvalue weighted by atomic mass is 9.86. The monoisotopic (exact) mass is 799 g/mol. The minimum atomic E-state index is -0.290. The molecule has 2 aliphatic heterocycles. The first-order chi connectivity index (χ1) is 30.7. The standard InChI is InChI=1S/C57H45N5/c58-56(62-57(40-18-6-2-7-19-40)59(62)38-39-16-4-1-5-17-39)45-22-14-20-41(34-45)43-31-33-54-51(36-43)49-27-11-13-29-53(49)61(54)47-25-15-21-42(35-47)44-30-32-50-48-26-10-12-28-52(48)60(55(50)37-44)46-23-8-3-9-24-46/h1-37,51,54,56-57H,38,58H2/t51?,54?,56?,57?,59-,62?/m0/s1. The maximum atomic E-state index is 7.17. The molecule has 5 unspecified atom stereocenters. The van der Waals surface area contributed by atoms with Gasteiger partial charge in [-0.05, 0) is 93.0 Å². The normalized spacial score (nSPS) is 20.5. The maximum absolute atomic E-state index is 7.17. The van der Waals surface area contributed by atoms with E-state index in [0.717, 1.165) is 12.1 Å². The van der Waals surface area contributed by atoms with Crippen molar-refractivity contribution in [1.29, 1.82) is 0 Å². The molecule has 1 aromatic heterocycles. The highest BCUT2D eigenvalue weighted by Crippen LogP contribution is 2.51. The Morgan fingerprint density at radius 2 is 1.21 bits per heavy atom. The molecule has 2 N–H and O–H groups in total. The minimum Gasteiger partial charge on any atom is -0.333 e. The van der Waals surface area contributed by atoms with Crippen LogP contribution in [0.25, 0.3) is 44.2 Å². The fraction of sp³-hybridized carbons (Fsp3) is 0.0877. The third-order valence-electron chi connectivity index (χ3n) is 13.1. The zero-order valence-corrected chi connectivity index (χ0v) is 34.2. The number of fused-ring (bicyclic) bond motifs is 6. The Morgan fingerprint density at radius 1 is 0.532 bits per heavy atom. The van der Waals surface area contributed by atoms with Crippen LogP contribution in [-0.2, 0) is 6.54 Å². The average molecular weight is 800 g/mol. The third-order valence-corrected chi connectivity index (χ3v) is 13.1. The average Bonchev–Trinajstić information content (AvgIpc) is 3.81. The molecule has 9 aromatic rings. The molecule has 0 saturated carbocycles. The second kappa shape index (κ2) is 15.0. The van der Waals surface area contributed by atoms with E-state index in [1.807, 2.05) is 0 Å². The summed E-state index contributed by atoms with van der Waals surface area (Å²) in [6.07, 6.45) is 7.02. The molecule has 1 aliphatic carbocycles. The number of anilines is 2. The van der Waals surface area contributed by atoms with Crippen molar-refractivity contribution < 1.29 is 0 Å². The first-order valence-corrected chi connectivity index (χ1v) is 21.6. The van der Waals surface area contributed by atoms with Crippen LogP contribution in [0.1, 0.15) is 46.1 Å². The molecule has 5 nitrogen and oxygen atoms in total. The summed E-state index contributed by atoms with van der Waals surface area (Å²) in [4.78, 5) is 2.53. The van der Waals surface area contributed by atoms with Crippen LogP contribution in [-0.4, -0.2) is 20.6 Å². The van der Waals surface area contributed by atoms with Gasteiger partial charge < -0.3 is 15.2 Å². The third kappa shape index (κ3) is 6.21. The molecule has 298 valence electrons. The first kappa shape index (κ1) is 36.6. The smallest absolute Gasteiger partial charge is 0.117 e. The Kier molecular flexibility index (Phi) is 8.85. The summed E-state index contributed by atoms with van der Waals surface area (Å²) in [5, 5.41) is 7.23. The van der Waals surface area contributed by atoms with Gasteiger partial charge in [0, 0.05) is 40.3 Å². The van der Waals surface area contributed by atoms with Gasteiger partial charge in [0.15, 0.2) is 0 Å². The number of nitrogens with zero attached hydrogens (tertiary/aromatic N) is 4. The van der Waals surface area contributed by atoms with Crippen molar-refractivity contribution in [2.45, 2.75) is 30.8 Å². The summed E-state index contributed by atoms with van der Waals surface area (Å²) >= 11 is 0. The zero-order chi connectivity index (χ0) is 41.1. The van der Waals surface area contributed by atoms with Crippen LogP contribution in [0.2, 0.25) is 0 Å². The van der Waals surface area contributed by atoms with E-state index in [4.69, 9.17) is 5.73 Å². The molecule has 62 heavy (non-hydrogen) atoms. The number of allylic oxidation sites excluding steroid dienone is 2. The molecule has 6 atom stereocenters. The molecule has 1 fully saturated rings. The van der Waals surface area contributed by atoms with Crippen molar-refractivity contribution in [3.05, 3.63) is 252 Å². The fourth-order valence-electron chi connectivity index (χ4n) is 10.2. The van der Waals surface area contributed by atoms with Crippen LogP contribution in [0.3, 0.4) is 0 Å². The molecule has 0 spiro atoms. The van der Waals surface area contributed by atoms with Crippen molar-refractivity contribution >= 4 is 38.8 Å². The summed E-state index contributed by atoms with van der Waals surface area (Å²) in [5.41, 5.74) is 23.0. The molecule has 0 amide bonds. The molecule has 12 rings (SSSR count).